The molecule has 100 valence electrons. The number of fused-ring (bicyclic) bond motifs is 1. The molecule has 0 aliphatic carbocycles. The Bertz CT molecular complexity index is 625. The van der Waals surface area contributed by atoms with Crippen LogP contribution in [0.4, 0.5) is 0 Å². The van der Waals surface area contributed by atoms with Crippen LogP contribution in [-0.2, 0) is 6.42 Å². The van der Waals surface area contributed by atoms with Crippen LogP contribution in [0.3, 0.4) is 0 Å². The molecule has 0 unspecified atom stereocenters. The normalized spacial score (nSPS) is 11.2. The fourth-order valence-electron chi connectivity index (χ4n) is 1.87. The van der Waals surface area contributed by atoms with E-state index in [1.54, 1.807) is 0 Å². The lowest BCUT2D eigenvalue weighted by molar-refractivity contribution is 0.0997. The third kappa shape index (κ3) is 3.29. The molecule has 0 aliphatic heterocycles. The van der Waals surface area contributed by atoms with Crippen molar-refractivity contribution in [3.05, 3.63) is 34.2 Å². The number of primary amides is 1. The highest BCUT2D eigenvalue weighted by molar-refractivity contribution is 9.10. The van der Waals surface area contributed by atoms with E-state index in [9.17, 15) is 4.79 Å². The van der Waals surface area contributed by atoms with E-state index in [0.29, 0.717) is 22.8 Å². The van der Waals surface area contributed by atoms with Crippen molar-refractivity contribution in [2.24, 2.45) is 11.7 Å². The van der Waals surface area contributed by atoms with Gasteiger partial charge >= 0.3 is 0 Å². The summed E-state index contributed by atoms with van der Waals surface area (Å²) in [4.78, 5) is 20.3. The largest absolute Gasteiger partial charge is 0.364 e. The van der Waals surface area contributed by atoms with E-state index in [-0.39, 0.29) is 0 Å². The van der Waals surface area contributed by atoms with Gasteiger partial charge in [-0.25, -0.2) is 9.97 Å². The lowest BCUT2D eigenvalue weighted by Gasteiger charge is -2.08. The third-order valence-electron chi connectivity index (χ3n) is 2.88. The fourth-order valence-corrected chi connectivity index (χ4v) is 2.23. The predicted molar refractivity (Wildman–Crippen MR) is 78.9 cm³/mol. The molecule has 0 atom stereocenters. The Morgan fingerprint density at radius 1 is 1.37 bits per heavy atom. The Kier molecular flexibility index (Phi) is 4.14. The van der Waals surface area contributed by atoms with E-state index in [2.05, 4.69) is 39.7 Å². The average Bonchev–Trinajstić information content (AvgIpc) is 2.35. The molecule has 19 heavy (non-hydrogen) atoms. The Hall–Kier alpha value is -1.49. The number of aryl methyl sites for hydroxylation is 1. The minimum atomic E-state index is -0.517. The van der Waals surface area contributed by atoms with Crippen LogP contribution in [-0.4, -0.2) is 15.9 Å². The number of benzene rings is 1. The van der Waals surface area contributed by atoms with Crippen molar-refractivity contribution in [3.63, 3.8) is 0 Å². The van der Waals surface area contributed by atoms with Gasteiger partial charge in [-0.15, -0.1) is 0 Å². The second-order valence-corrected chi connectivity index (χ2v) is 5.86. The van der Waals surface area contributed by atoms with Crippen molar-refractivity contribution in [3.8, 4) is 0 Å². The maximum absolute atomic E-state index is 11.5. The van der Waals surface area contributed by atoms with Crippen LogP contribution in [0, 0.1) is 5.92 Å². The molecule has 4 nitrogen and oxygen atoms in total. The molecule has 2 aromatic rings. The number of nitrogens with zero attached hydrogens (tertiary/aromatic N) is 2. The molecule has 2 N–H and O–H groups in total. The van der Waals surface area contributed by atoms with Crippen LogP contribution < -0.4 is 5.73 Å². The molecular weight excluding hydrogens is 306 g/mol. The summed E-state index contributed by atoms with van der Waals surface area (Å²) < 4.78 is 0.876. The summed E-state index contributed by atoms with van der Waals surface area (Å²) in [6.45, 7) is 4.29. The lowest BCUT2D eigenvalue weighted by atomic mass is 10.1. The fraction of sp³-hybridized carbons (Fsp3) is 0.357. The van der Waals surface area contributed by atoms with Crippen LogP contribution in [0.25, 0.3) is 10.9 Å². The van der Waals surface area contributed by atoms with Crippen LogP contribution in [0.5, 0.6) is 0 Å². The first-order valence-electron chi connectivity index (χ1n) is 6.23. The smallest absolute Gasteiger partial charge is 0.268 e. The molecule has 0 spiro atoms. The summed E-state index contributed by atoms with van der Waals surface area (Å²) in [5.74, 6) is 0.731. The number of rotatable bonds is 4. The summed E-state index contributed by atoms with van der Waals surface area (Å²) in [5.41, 5.74) is 6.46. The number of halogens is 1. The number of amides is 1. The van der Waals surface area contributed by atoms with Crippen LogP contribution in [0.2, 0.25) is 0 Å². The number of hydrogen-bond donors (Lipinski definition) is 1. The summed E-state index contributed by atoms with van der Waals surface area (Å²) in [6.07, 6.45) is 1.74. The zero-order valence-corrected chi connectivity index (χ0v) is 12.6. The van der Waals surface area contributed by atoms with Crippen molar-refractivity contribution >= 4 is 32.7 Å². The number of carbonyl (C=O) groups is 1. The van der Waals surface area contributed by atoms with Gasteiger partial charge in [0.1, 0.15) is 11.5 Å². The number of carbonyl (C=O) groups excluding carboxylic acids is 1. The van der Waals surface area contributed by atoms with Gasteiger partial charge in [0.05, 0.1) is 5.52 Å². The van der Waals surface area contributed by atoms with Gasteiger partial charge in [-0.1, -0.05) is 29.8 Å². The molecular formula is C14H16BrN3O. The van der Waals surface area contributed by atoms with E-state index in [4.69, 9.17) is 5.73 Å². The van der Waals surface area contributed by atoms with Crippen molar-refractivity contribution in [1.82, 2.24) is 9.97 Å². The van der Waals surface area contributed by atoms with Gasteiger partial charge in [-0.05, 0) is 30.5 Å². The molecule has 1 aromatic heterocycles. The quantitative estimate of drug-likeness (QED) is 0.940. The molecule has 1 aromatic carbocycles. The van der Waals surface area contributed by atoms with E-state index in [1.165, 1.54) is 0 Å². The van der Waals surface area contributed by atoms with Gasteiger partial charge < -0.3 is 5.73 Å². The second-order valence-electron chi connectivity index (χ2n) is 4.95. The van der Waals surface area contributed by atoms with E-state index < -0.39 is 5.91 Å². The van der Waals surface area contributed by atoms with Gasteiger partial charge in [-0.2, -0.15) is 0 Å². The van der Waals surface area contributed by atoms with Crippen molar-refractivity contribution < 1.29 is 4.79 Å². The molecule has 2 rings (SSSR count). The zero-order chi connectivity index (χ0) is 14.0. The van der Waals surface area contributed by atoms with Gasteiger partial charge in [0.25, 0.3) is 5.91 Å². The lowest BCUT2D eigenvalue weighted by Crippen LogP contribution is -2.16. The van der Waals surface area contributed by atoms with Gasteiger partial charge in [0.15, 0.2) is 0 Å². The van der Waals surface area contributed by atoms with Gasteiger partial charge in [0, 0.05) is 16.3 Å². The van der Waals surface area contributed by atoms with Crippen LogP contribution in [0.1, 0.15) is 36.6 Å². The Labute approximate surface area is 120 Å². The predicted octanol–water partition coefficient (Wildman–Crippen LogP) is 3.08. The van der Waals surface area contributed by atoms with E-state index in [1.807, 2.05) is 18.2 Å². The van der Waals surface area contributed by atoms with E-state index in [0.717, 1.165) is 22.8 Å². The van der Waals surface area contributed by atoms with Gasteiger partial charge in [0.2, 0.25) is 0 Å². The van der Waals surface area contributed by atoms with Crippen molar-refractivity contribution in [2.45, 2.75) is 26.7 Å². The van der Waals surface area contributed by atoms with Gasteiger partial charge in [-0.3, -0.25) is 4.79 Å². The Morgan fingerprint density at radius 2 is 2.11 bits per heavy atom. The molecule has 0 radical (unpaired) electrons. The summed E-state index contributed by atoms with van der Waals surface area (Å²) >= 11 is 3.38. The topological polar surface area (TPSA) is 68.9 Å². The summed E-state index contributed by atoms with van der Waals surface area (Å²) in [6, 6.07) is 5.58. The molecule has 0 fully saturated rings. The molecule has 5 heteroatoms. The second kappa shape index (κ2) is 5.65. The van der Waals surface area contributed by atoms with Crippen molar-refractivity contribution in [1.29, 1.82) is 0 Å². The highest BCUT2D eigenvalue weighted by Crippen LogP contribution is 2.21. The SMILES string of the molecule is CC(C)CCc1nc(C(N)=O)c2cc(Br)ccc2n1. The van der Waals surface area contributed by atoms with Crippen LogP contribution >= 0.6 is 15.9 Å². The summed E-state index contributed by atoms with van der Waals surface area (Å²) in [7, 11) is 0. The van der Waals surface area contributed by atoms with Crippen LogP contribution in [0.15, 0.2) is 22.7 Å². The first kappa shape index (κ1) is 13.9. The summed E-state index contributed by atoms with van der Waals surface area (Å²) in [5, 5.41) is 0.690. The minimum absolute atomic E-state index is 0.296. The minimum Gasteiger partial charge on any atom is -0.364 e. The third-order valence-corrected chi connectivity index (χ3v) is 3.38. The highest BCUT2D eigenvalue weighted by atomic mass is 79.9. The molecule has 0 saturated carbocycles. The zero-order valence-electron chi connectivity index (χ0n) is 11.0. The molecule has 0 aliphatic rings. The number of aromatic nitrogens is 2. The highest BCUT2D eigenvalue weighted by Gasteiger charge is 2.12. The molecule has 1 amide bonds. The number of hydrogen-bond acceptors (Lipinski definition) is 3. The Morgan fingerprint density at radius 3 is 2.74 bits per heavy atom. The monoisotopic (exact) mass is 321 g/mol. The maximum atomic E-state index is 11.5. The molecule has 1 heterocycles. The molecule has 0 saturated heterocycles. The average molecular weight is 322 g/mol. The first-order valence-corrected chi connectivity index (χ1v) is 7.02. The van der Waals surface area contributed by atoms with Crippen molar-refractivity contribution in [2.75, 3.05) is 0 Å². The maximum Gasteiger partial charge on any atom is 0.268 e. The van der Waals surface area contributed by atoms with E-state index >= 15 is 0 Å². The Balaban J connectivity index is 2.52. The number of nitrogens with two attached hydrogens (primary N) is 1. The molecule has 0 bridgehead atoms. The standard InChI is InChI=1S/C14H16BrN3O/c1-8(2)3-6-12-17-11-5-4-9(15)7-10(11)13(18-12)14(16)19/h4-5,7-8H,3,6H2,1-2H3,(H2,16,19). The first-order chi connectivity index (χ1) is 8.97.